The van der Waals surface area contributed by atoms with E-state index in [0.29, 0.717) is 5.92 Å². The number of nitrogens with two attached hydrogens (primary N) is 1. The van der Waals surface area contributed by atoms with Gasteiger partial charge in [-0.2, -0.15) is 0 Å². The first kappa shape index (κ1) is 8.54. The van der Waals surface area contributed by atoms with Crippen molar-refractivity contribution in [3.63, 3.8) is 0 Å². The fraction of sp³-hybridized carbons (Fsp3) is 0.889. The number of rotatable bonds is 2. The summed E-state index contributed by atoms with van der Waals surface area (Å²) in [6.07, 6.45) is 5.23. The van der Waals surface area contributed by atoms with Crippen LogP contribution in [0.4, 0.5) is 0 Å². The quantitative estimate of drug-likeness (QED) is 0.723. The van der Waals surface area contributed by atoms with Gasteiger partial charge in [0.15, 0.2) is 0 Å². The zero-order valence-corrected chi connectivity index (χ0v) is 8.59. The van der Waals surface area contributed by atoms with Crippen molar-refractivity contribution in [1.82, 2.24) is 0 Å². The maximum absolute atomic E-state index is 10.9. The van der Waals surface area contributed by atoms with Crippen molar-refractivity contribution in [2.75, 3.05) is 0 Å². The number of fused-ring (bicyclic) bond motifs is 2. The molecule has 2 saturated carbocycles. The molecule has 0 saturated heterocycles. The molecule has 12 heavy (non-hydrogen) atoms. The van der Waals surface area contributed by atoms with Crippen molar-refractivity contribution in [3.8, 4) is 0 Å². The smallest absolute Gasteiger partial charge is 0.231 e. The second kappa shape index (κ2) is 3.02. The minimum absolute atomic E-state index is 0.0761. The number of hydrogen-bond donors (Lipinski definition) is 1. The predicted molar refractivity (Wildman–Crippen MR) is 50.8 cm³/mol. The summed E-state index contributed by atoms with van der Waals surface area (Å²) in [6.45, 7) is 0. The molecule has 4 atom stereocenters. The van der Waals surface area contributed by atoms with E-state index < -0.39 is 0 Å². The molecule has 2 nitrogen and oxygen atoms in total. The van der Waals surface area contributed by atoms with E-state index in [-0.39, 0.29) is 10.7 Å². The van der Waals surface area contributed by atoms with Gasteiger partial charge in [-0.15, -0.1) is 0 Å². The van der Waals surface area contributed by atoms with Crippen molar-refractivity contribution in [2.45, 2.75) is 30.5 Å². The molecule has 0 aromatic carbocycles. The third-order valence-electron chi connectivity index (χ3n) is 3.44. The molecule has 0 heterocycles. The molecule has 2 fully saturated rings. The summed E-state index contributed by atoms with van der Waals surface area (Å²) in [5.41, 5.74) is 5.26. The Hall–Kier alpha value is -0.0500. The SMILES string of the molecule is NC(=O)C(Br)[C@H]1CC2CCC1C2. The van der Waals surface area contributed by atoms with E-state index in [1.807, 2.05) is 0 Å². The third kappa shape index (κ3) is 1.28. The summed E-state index contributed by atoms with van der Waals surface area (Å²) >= 11 is 3.40. The van der Waals surface area contributed by atoms with Crippen LogP contribution < -0.4 is 5.73 Å². The number of carbonyl (C=O) groups excluding carboxylic acids is 1. The predicted octanol–water partition coefficient (Wildman–Crippen LogP) is 1.67. The Labute approximate surface area is 81.0 Å². The molecule has 2 bridgehead atoms. The molecule has 2 aliphatic rings. The minimum Gasteiger partial charge on any atom is -0.369 e. The Morgan fingerprint density at radius 2 is 2.17 bits per heavy atom. The van der Waals surface area contributed by atoms with E-state index in [1.54, 1.807) is 0 Å². The van der Waals surface area contributed by atoms with Crippen LogP contribution in [0.25, 0.3) is 0 Å². The van der Waals surface area contributed by atoms with Gasteiger partial charge in [-0.3, -0.25) is 4.79 Å². The second-order valence-corrected chi connectivity index (χ2v) is 5.13. The van der Waals surface area contributed by atoms with E-state index in [2.05, 4.69) is 15.9 Å². The summed E-state index contributed by atoms with van der Waals surface area (Å²) in [5.74, 6) is 2.00. The Morgan fingerprint density at radius 3 is 2.58 bits per heavy atom. The molecule has 0 spiro atoms. The van der Waals surface area contributed by atoms with Gasteiger partial charge >= 0.3 is 0 Å². The highest BCUT2D eigenvalue weighted by Crippen LogP contribution is 2.50. The van der Waals surface area contributed by atoms with Crippen molar-refractivity contribution in [2.24, 2.45) is 23.5 Å². The monoisotopic (exact) mass is 231 g/mol. The Bertz CT molecular complexity index is 207. The number of halogens is 1. The highest BCUT2D eigenvalue weighted by molar-refractivity contribution is 9.10. The van der Waals surface area contributed by atoms with E-state index in [0.717, 1.165) is 11.8 Å². The van der Waals surface area contributed by atoms with E-state index >= 15 is 0 Å². The summed E-state index contributed by atoms with van der Waals surface area (Å²) in [4.78, 5) is 10.9. The van der Waals surface area contributed by atoms with Crippen LogP contribution in [0.15, 0.2) is 0 Å². The average Bonchev–Trinajstić information content (AvgIpc) is 2.62. The topological polar surface area (TPSA) is 43.1 Å². The van der Waals surface area contributed by atoms with Gasteiger partial charge in [-0.05, 0) is 37.0 Å². The van der Waals surface area contributed by atoms with Gasteiger partial charge in [0.2, 0.25) is 5.91 Å². The van der Waals surface area contributed by atoms with Gasteiger partial charge in [-0.25, -0.2) is 0 Å². The second-order valence-electron chi connectivity index (χ2n) is 4.14. The van der Waals surface area contributed by atoms with Gasteiger partial charge in [0, 0.05) is 0 Å². The van der Waals surface area contributed by atoms with Gasteiger partial charge in [0.05, 0.1) is 4.83 Å². The Kier molecular flexibility index (Phi) is 2.15. The first-order chi connectivity index (χ1) is 5.68. The molecular weight excluding hydrogens is 218 g/mol. The van der Waals surface area contributed by atoms with Crippen LogP contribution in [0.5, 0.6) is 0 Å². The van der Waals surface area contributed by atoms with Crippen LogP contribution in [0.1, 0.15) is 25.7 Å². The summed E-state index contributed by atoms with van der Waals surface area (Å²) < 4.78 is 0. The lowest BCUT2D eigenvalue weighted by Gasteiger charge is -2.24. The zero-order chi connectivity index (χ0) is 8.72. The van der Waals surface area contributed by atoms with E-state index in [4.69, 9.17) is 5.73 Å². The summed E-state index contributed by atoms with van der Waals surface area (Å²) in [6, 6.07) is 0. The van der Waals surface area contributed by atoms with Crippen molar-refractivity contribution in [1.29, 1.82) is 0 Å². The molecule has 0 aliphatic heterocycles. The number of carbonyl (C=O) groups is 1. The lowest BCUT2D eigenvalue weighted by atomic mass is 9.86. The van der Waals surface area contributed by atoms with Gasteiger partial charge in [0.25, 0.3) is 0 Å². The molecule has 68 valence electrons. The normalized spacial score (nSPS) is 41.6. The van der Waals surface area contributed by atoms with Crippen LogP contribution in [-0.2, 0) is 4.79 Å². The Morgan fingerprint density at radius 1 is 1.42 bits per heavy atom. The third-order valence-corrected chi connectivity index (χ3v) is 4.57. The molecule has 2 rings (SSSR count). The standard InChI is InChI=1S/C9H14BrNO/c10-8(9(11)12)7-4-5-1-2-6(7)3-5/h5-8H,1-4H2,(H2,11,12)/t5?,6?,7-,8?/m0/s1. The fourth-order valence-corrected chi connectivity index (χ4v) is 3.51. The number of alkyl halides is 1. The molecule has 3 unspecified atom stereocenters. The number of hydrogen-bond acceptors (Lipinski definition) is 1. The molecule has 0 aromatic heterocycles. The van der Waals surface area contributed by atoms with Crippen LogP contribution in [0.3, 0.4) is 0 Å². The first-order valence-electron chi connectivity index (χ1n) is 4.62. The molecule has 0 aromatic rings. The van der Waals surface area contributed by atoms with Gasteiger partial charge in [-0.1, -0.05) is 22.4 Å². The van der Waals surface area contributed by atoms with Gasteiger partial charge in [0.1, 0.15) is 0 Å². The highest BCUT2D eigenvalue weighted by atomic mass is 79.9. The van der Waals surface area contributed by atoms with E-state index in [9.17, 15) is 4.79 Å². The number of amides is 1. The first-order valence-corrected chi connectivity index (χ1v) is 5.53. The minimum atomic E-state index is -0.187. The number of primary amides is 1. The van der Waals surface area contributed by atoms with Crippen LogP contribution in [0, 0.1) is 17.8 Å². The zero-order valence-electron chi connectivity index (χ0n) is 7.00. The fourth-order valence-electron chi connectivity index (χ4n) is 2.86. The summed E-state index contributed by atoms with van der Waals surface area (Å²) in [7, 11) is 0. The van der Waals surface area contributed by atoms with Crippen molar-refractivity contribution in [3.05, 3.63) is 0 Å². The molecule has 1 amide bonds. The average molecular weight is 232 g/mol. The van der Waals surface area contributed by atoms with Crippen LogP contribution in [-0.4, -0.2) is 10.7 Å². The van der Waals surface area contributed by atoms with Crippen LogP contribution in [0.2, 0.25) is 0 Å². The molecule has 3 heteroatoms. The summed E-state index contributed by atoms with van der Waals surface area (Å²) in [5, 5.41) is 0. The Balaban J connectivity index is 2.02. The van der Waals surface area contributed by atoms with Gasteiger partial charge < -0.3 is 5.73 Å². The van der Waals surface area contributed by atoms with Crippen molar-refractivity contribution >= 4 is 21.8 Å². The lowest BCUT2D eigenvalue weighted by Crippen LogP contribution is -2.33. The highest BCUT2D eigenvalue weighted by Gasteiger charge is 2.43. The van der Waals surface area contributed by atoms with Crippen LogP contribution >= 0.6 is 15.9 Å². The molecule has 2 N–H and O–H groups in total. The van der Waals surface area contributed by atoms with E-state index in [1.165, 1.54) is 25.7 Å². The lowest BCUT2D eigenvalue weighted by molar-refractivity contribution is -0.118. The maximum atomic E-state index is 10.9. The largest absolute Gasteiger partial charge is 0.369 e. The molecule has 2 aliphatic carbocycles. The van der Waals surface area contributed by atoms with Crippen molar-refractivity contribution < 1.29 is 4.79 Å². The maximum Gasteiger partial charge on any atom is 0.231 e. The molecular formula is C9H14BrNO. The molecule has 0 radical (unpaired) electrons.